The van der Waals surface area contributed by atoms with Crippen molar-refractivity contribution in [2.24, 2.45) is 11.8 Å². The third kappa shape index (κ3) is 3.08. The highest BCUT2D eigenvalue weighted by atomic mass is 16.7. The fourth-order valence-corrected chi connectivity index (χ4v) is 1.47. The summed E-state index contributed by atoms with van der Waals surface area (Å²) in [5.41, 5.74) is 0. The number of ketones is 1. The highest BCUT2D eigenvalue weighted by Crippen LogP contribution is 2.17. The van der Waals surface area contributed by atoms with E-state index in [-0.39, 0.29) is 5.92 Å². The van der Waals surface area contributed by atoms with E-state index in [0.29, 0.717) is 24.7 Å². The van der Waals surface area contributed by atoms with Gasteiger partial charge in [0.1, 0.15) is 5.78 Å². The minimum atomic E-state index is 0.163. The van der Waals surface area contributed by atoms with Gasteiger partial charge in [-0.05, 0) is 0 Å². The maximum atomic E-state index is 11.4. The van der Waals surface area contributed by atoms with E-state index in [1.165, 1.54) is 0 Å². The molecule has 1 aliphatic rings. The Bertz CT molecular complexity index is 180. The lowest BCUT2D eigenvalue weighted by Crippen LogP contribution is -2.20. The first kappa shape index (κ1) is 10.7. The second kappa shape index (κ2) is 4.72. The van der Waals surface area contributed by atoms with Gasteiger partial charge in [-0.15, -0.1) is 0 Å². The van der Waals surface area contributed by atoms with Gasteiger partial charge in [0.25, 0.3) is 0 Å². The van der Waals surface area contributed by atoms with Crippen molar-refractivity contribution in [1.82, 2.24) is 5.06 Å². The number of carbonyl (C=O) groups is 1. The minimum Gasteiger partial charge on any atom is -0.299 e. The maximum Gasteiger partial charge on any atom is 0.135 e. The van der Waals surface area contributed by atoms with Crippen LogP contribution < -0.4 is 0 Å². The highest BCUT2D eigenvalue weighted by Gasteiger charge is 2.25. The van der Waals surface area contributed by atoms with Gasteiger partial charge < -0.3 is 0 Å². The van der Waals surface area contributed by atoms with Gasteiger partial charge >= 0.3 is 0 Å². The number of hydrogen-bond acceptors (Lipinski definition) is 3. The molecule has 0 bridgehead atoms. The Morgan fingerprint density at radius 1 is 1.62 bits per heavy atom. The van der Waals surface area contributed by atoms with Crippen molar-refractivity contribution in [2.75, 3.05) is 19.7 Å². The van der Waals surface area contributed by atoms with Gasteiger partial charge in [0.2, 0.25) is 0 Å². The number of nitrogens with zero attached hydrogens (tertiary/aromatic N) is 1. The largest absolute Gasteiger partial charge is 0.299 e. The molecule has 0 aromatic heterocycles. The van der Waals surface area contributed by atoms with Crippen LogP contribution in [0.1, 0.15) is 27.2 Å². The summed E-state index contributed by atoms with van der Waals surface area (Å²) in [5.74, 6) is 0.928. The second-order valence-corrected chi connectivity index (χ2v) is 3.97. The van der Waals surface area contributed by atoms with Crippen LogP contribution in [0.2, 0.25) is 0 Å². The molecule has 1 aliphatic heterocycles. The molecule has 1 atom stereocenters. The van der Waals surface area contributed by atoms with Crippen molar-refractivity contribution in [3.05, 3.63) is 0 Å². The Labute approximate surface area is 80.0 Å². The van der Waals surface area contributed by atoms with Crippen molar-refractivity contribution >= 4 is 5.78 Å². The van der Waals surface area contributed by atoms with Crippen LogP contribution in [-0.4, -0.2) is 30.5 Å². The lowest BCUT2D eigenvalue weighted by atomic mass is 9.97. The molecule has 0 N–H and O–H groups in total. The molecule has 0 spiro atoms. The molecular formula is C10H19NO2. The monoisotopic (exact) mass is 185 g/mol. The van der Waals surface area contributed by atoms with Gasteiger partial charge in [-0.25, -0.2) is 0 Å². The Kier molecular flexibility index (Phi) is 3.88. The van der Waals surface area contributed by atoms with Gasteiger partial charge in [0.05, 0.1) is 6.61 Å². The van der Waals surface area contributed by atoms with Gasteiger partial charge in [-0.1, -0.05) is 20.8 Å². The normalized spacial score (nSPS) is 24.2. The van der Waals surface area contributed by atoms with Gasteiger partial charge in [-0.2, -0.15) is 5.06 Å². The molecule has 0 aliphatic carbocycles. The molecule has 1 saturated heterocycles. The van der Waals surface area contributed by atoms with Crippen LogP contribution in [0.5, 0.6) is 0 Å². The summed E-state index contributed by atoms with van der Waals surface area (Å²) in [4.78, 5) is 16.8. The lowest BCUT2D eigenvalue weighted by molar-refractivity contribution is -0.122. The van der Waals surface area contributed by atoms with Crippen LogP contribution in [0.4, 0.5) is 0 Å². The van der Waals surface area contributed by atoms with E-state index in [0.717, 1.165) is 13.1 Å². The van der Waals surface area contributed by atoms with Crippen molar-refractivity contribution in [3.8, 4) is 0 Å². The number of hydrogen-bond donors (Lipinski definition) is 0. The zero-order valence-corrected chi connectivity index (χ0v) is 8.75. The third-order valence-corrected chi connectivity index (χ3v) is 2.44. The van der Waals surface area contributed by atoms with E-state index in [4.69, 9.17) is 4.84 Å². The standard InChI is InChI=1S/C10H19NO2/c1-4-11-6-9(7-13-11)5-10(12)8(2)3/h8-9H,4-7H2,1-3H3/t9-/m1/s1. The molecule has 3 nitrogen and oxygen atoms in total. The molecule has 3 heteroatoms. The van der Waals surface area contributed by atoms with Crippen LogP contribution in [0.3, 0.4) is 0 Å². The first-order valence-corrected chi connectivity index (χ1v) is 5.04. The van der Waals surface area contributed by atoms with E-state index in [2.05, 4.69) is 6.92 Å². The minimum absolute atomic E-state index is 0.163. The van der Waals surface area contributed by atoms with E-state index >= 15 is 0 Å². The maximum absolute atomic E-state index is 11.4. The Balaban J connectivity index is 2.28. The fraction of sp³-hybridized carbons (Fsp3) is 0.900. The summed E-state index contributed by atoms with van der Waals surface area (Å²) >= 11 is 0. The number of Topliss-reactive ketones (excluding diaryl/α,β-unsaturated/α-hetero) is 1. The number of carbonyl (C=O) groups excluding carboxylic acids is 1. The molecule has 0 amide bonds. The van der Waals surface area contributed by atoms with Crippen molar-refractivity contribution < 1.29 is 9.63 Å². The molecule has 0 radical (unpaired) electrons. The molecular weight excluding hydrogens is 166 g/mol. The zero-order chi connectivity index (χ0) is 9.84. The van der Waals surface area contributed by atoms with Gasteiger partial charge in [0, 0.05) is 31.3 Å². The van der Waals surface area contributed by atoms with Crippen LogP contribution in [0.15, 0.2) is 0 Å². The summed E-state index contributed by atoms with van der Waals surface area (Å²) in [6.07, 6.45) is 0.675. The number of rotatable bonds is 4. The Morgan fingerprint density at radius 3 is 2.77 bits per heavy atom. The van der Waals surface area contributed by atoms with E-state index in [9.17, 15) is 4.79 Å². The SMILES string of the molecule is CCN1C[C@@H](CC(=O)C(C)C)CO1. The van der Waals surface area contributed by atoms with Crippen LogP contribution in [-0.2, 0) is 9.63 Å². The zero-order valence-electron chi connectivity index (χ0n) is 8.75. The van der Waals surface area contributed by atoms with E-state index in [1.54, 1.807) is 0 Å². The Morgan fingerprint density at radius 2 is 2.31 bits per heavy atom. The molecule has 0 aromatic carbocycles. The Hall–Kier alpha value is -0.410. The summed E-state index contributed by atoms with van der Waals surface area (Å²) in [7, 11) is 0. The third-order valence-electron chi connectivity index (χ3n) is 2.44. The number of hydroxylamine groups is 2. The molecule has 76 valence electrons. The smallest absolute Gasteiger partial charge is 0.135 e. The predicted molar refractivity (Wildman–Crippen MR) is 51.2 cm³/mol. The topological polar surface area (TPSA) is 29.5 Å². The molecule has 0 unspecified atom stereocenters. The second-order valence-electron chi connectivity index (χ2n) is 3.97. The lowest BCUT2D eigenvalue weighted by Gasteiger charge is -2.10. The molecule has 13 heavy (non-hydrogen) atoms. The van der Waals surface area contributed by atoms with Crippen molar-refractivity contribution in [1.29, 1.82) is 0 Å². The fourth-order valence-electron chi connectivity index (χ4n) is 1.47. The highest BCUT2D eigenvalue weighted by molar-refractivity contribution is 5.80. The van der Waals surface area contributed by atoms with Crippen molar-refractivity contribution in [2.45, 2.75) is 27.2 Å². The average Bonchev–Trinajstić information content (AvgIpc) is 2.52. The molecule has 1 rings (SSSR count). The van der Waals surface area contributed by atoms with Crippen LogP contribution >= 0.6 is 0 Å². The quantitative estimate of drug-likeness (QED) is 0.664. The van der Waals surface area contributed by atoms with Crippen LogP contribution in [0.25, 0.3) is 0 Å². The van der Waals surface area contributed by atoms with E-state index in [1.807, 2.05) is 18.9 Å². The first-order chi connectivity index (χ1) is 6.13. The van der Waals surface area contributed by atoms with Crippen molar-refractivity contribution in [3.63, 3.8) is 0 Å². The summed E-state index contributed by atoms with van der Waals surface area (Å²) in [6.45, 7) is 8.51. The van der Waals surface area contributed by atoms with Gasteiger partial charge in [0.15, 0.2) is 0 Å². The summed E-state index contributed by atoms with van der Waals surface area (Å²) in [6, 6.07) is 0. The molecule has 0 aromatic rings. The molecule has 0 saturated carbocycles. The van der Waals surface area contributed by atoms with Crippen LogP contribution in [0, 0.1) is 11.8 Å². The average molecular weight is 185 g/mol. The first-order valence-electron chi connectivity index (χ1n) is 5.04. The predicted octanol–water partition coefficient (Wildman–Crippen LogP) is 1.48. The molecule has 1 heterocycles. The summed E-state index contributed by atoms with van der Waals surface area (Å²) in [5, 5.41) is 1.93. The van der Waals surface area contributed by atoms with Gasteiger partial charge in [-0.3, -0.25) is 9.63 Å². The summed E-state index contributed by atoms with van der Waals surface area (Å²) < 4.78 is 0. The molecule has 1 fully saturated rings. The van der Waals surface area contributed by atoms with E-state index < -0.39 is 0 Å².